The molecule has 1 heterocycles. The van der Waals surface area contributed by atoms with E-state index in [1.165, 1.54) is 10.4 Å². The monoisotopic (exact) mass is 372 g/mol. The Kier molecular flexibility index (Phi) is 5.70. The van der Waals surface area contributed by atoms with Crippen molar-refractivity contribution in [2.24, 2.45) is 5.73 Å². The molecular weight excluding hydrogens is 355 g/mol. The van der Waals surface area contributed by atoms with Crippen LogP contribution < -0.4 is 5.73 Å². The summed E-state index contributed by atoms with van der Waals surface area (Å²) in [6.07, 6.45) is 0. The van der Waals surface area contributed by atoms with Gasteiger partial charge in [-0.25, -0.2) is 8.42 Å². The molecule has 0 saturated carbocycles. The zero-order valence-electron chi connectivity index (χ0n) is 12.3. The molecule has 1 aliphatic heterocycles. The van der Waals surface area contributed by atoms with Crippen molar-refractivity contribution in [3.05, 3.63) is 65.2 Å². The lowest BCUT2D eigenvalue weighted by molar-refractivity contribution is 0.470. The van der Waals surface area contributed by atoms with E-state index < -0.39 is 10.0 Å². The Morgan fingerprint density at radius 3 is 2.39 bits per heavy atom. The molecule has 0 unspecified atom stereocenters. The van der Waals surface area contributed by atoms with E-state index in [0.29, 0.717) is 18.1 Å². The first-order valence-electron chi connectivity index (χ1n) is 7.05. The molecule has 23 heavy (non-hydrogen) atoms. The van der Waals surface area contributed by atoms with Gasteiger partial charge in [0.05, 0.1) is 4.90 Å². The van der Waals surface area contributed by atoms with Crippen LogP contribution >= 0.6 is 24.0 Å². The minimum atomic E-state index is -3.57. The number of hydrogen-bond donors (Lipinski definition) is 1. The van der Waals surface area contributed by atoms with Crippen LogP contribution in [0, 0.1) is 0 Å². The standard InChI is InChI=1S/C16H17ClN2O2S.ClH/c17-13-7-4-8-14(9-13)22(20,21)19-10-15(16(18)11-19)12-5-2-1-3-6-12;/h1-9,15-16H,10-11,18H2;1H/t15-,16+;/m0./s1. The Labute approximate surface area is 147 Å². The van der Waals surface area contributed by atoms with E-state index in [-0.39, 0.29) is 29.3 Å². The first-order chi connectivity index (χ1) is 10.5. The van der Waals surface area contributed by atoms with E-state index in [1.54, 1.807) is 18.2 Å². The van der Waals surface area contributed by atoms with Crippen LogP contribution in [0.15, 0.2) is 59.5 Å². The van der Waals surface area contributed by atoms with E-state index in [4.69, 9.17) is 17.3 Å². The van der Waals surface area contributed by atoms with Crippen LogP contribution in [0.25, 0.3) is 0 Å². The summed E-state index contributed by atoms with van der Waals surface area (Å²) in [6, 6.07) is 15.9. The Bertz CT molecular complexity index is 769. The van der Waals surface area contributed by atoms with Crippen LogP contribution in [0.5, 0.6) is 0 Å². The molecule has 0 aliphatic carbocycles. The number of hydrogen-bond acceptors (Lipinski definition) is 3. The number of halogens is 2. The van der Waals surface area contributed by atoms with Gasteiger partial charge in [0.2, 0.25) is 10.0 Å². The van der Waals surface area contributed by atoms with Gasteiger partial charge in [0.1, 0.15) is 0 Å². The summed E-state index contributed by atoms with van der Waals surface area (Å²) < 4.78 is 26.9. The van der Waals surface area contributed by atoms with Crippen LogP contribution in [-0.2, 0) is 10.0 Å². The Morgan fingerprint density at radius 1 is 1.04 bits per heavy atom. The third-order valence-corrected chi connectivity index (χ3v) is 6.06. The second-order valence-corrected chi connectivity index (χ2v) is 7.83. The highest BCUT2D eigenvalue weighted by atomic mass is 35.5. The smallest absolute Gasteiger partial charge is 0.243 e. The zero-order chi connectivity index (χ0) is 15.7. The van der Waals surface area contributed by atoms with E-state index in [2.05, 4.69) is 0 Å². The molecule has 1 saturated heterocycles. The molecule has 4 nitrogen and oxygen atoms in total. The fourth-order valence-corrected chi connectivity index (χ4v) is 4.62. The van der Waals surface area contributed by atoms with Crippen LogP contribution in [0.1, 0.15) is 11.5 Å². The number of sulfonamides is 1. The molecule has 124 valence electrons. The van der Waals surface area contributed by atoms with E-state index in [9.17, 15) is 8.42 Å². The fourth-order valence-electron chi connectivity index (χ4n) is 2.82. The van der Waals surface area contributed by atoms with Crippen molar-refractivity contribution in [1.29, 1.82) is 0 Å². The van der Waals surface area contributed by atoms with E-state index in [1.807, 2.05) is 30.3 Å². The molecule has 2 atom stereocenters. The molecule has 7 heteroatoms. The third kappa shape index (κ3) is 3.70. The minimum absolute atomic E-state index is 0. The number of nitrogens with zero attached hydrogens (tertiary/aromatic N) is 1. The van der Waals surface area contributed by atoms with Crippen molar-refractivity contribution in [1.82, 2.24) is 4.31 Å². The van der Waals surface area contributed by atoms with Crippen molar-refractivity contribution in [3.8, 4) is 0 Å². The van der Waals surface area contributed by atoms with Gasteiger partial charge in [-0.15, -0.1) is 12.4 Å². The van der Waals surface area contributed by atoms with Crippen molar-refractivity contribution in [2.75, 3.05) is 13.1 Å². The van der Waals surface area contributed by atoms with Gasteiger partial charge in [-0.1, -0.05) is 48.0 Å². The normalized spacial score (nSPS) is 21.8. The number of nitrogens with two attached hydrogens (primary N) is 1. The molecule has 0 radical (unpaired) electrons. The average Bonchev–Trinajstić information content (AvgIpc) is 2.91. The first-order valence-corrected chi connectivity index (χ1v) is 8.86. The molecule has 1 fully saturated rings. The van der Waals surface area contributed by atoms with Crippen LogP contribution in [0.2, 0.25) is 5.02 Å². The lowest BCUT2D eigenvalue weighted by atomic mass is 9.95. The molecule has 0 bridgehead atoms. The molecule has 0 aromatic heterocycles. The predicted octanol–water partition coefficient (Wildman–Crippen LogP) is 2.88. The summed E-state index contributed by atoms with van der Waals surface area (Å²) in [7, 11) is -3.57. The van der Waals surface area contributed by atoms with Gasteiger partial charge in [0.25, 0.3) is 0 Å². The van der Waals surface area contributed by atoms with Crippen LogP contribution in [-0.4, -0.2) is 31.9 Å². The molecule has 0 amide bonds. The molecule has 3 rings (SSSR count). The number of benzene rings is 2. The predicted molar refractivity (Wildman–Crippen MR) is 94.6 cm³/mol. The molecule has 1 aliphatic rings. The maximum absolute atomic E-state index is 12.7. The lowest BCUT2D eigenvalue weighted by Crippen LogP contribution is -2.32. The van der Waals surface area contributed by atoms with Crippen molar-refractivity contribution >= 4 is 34.0 Å². The van der Waals surface area contributed by atoms with Gasteiger partial charge in [-0.2, -0.15) is 4.31 Å². The van der Waals surface area contributed by atoms with Gasteiger partial charge >= 0.3 is 0 Å². The molecular formula is C16H18Cl2N2O2S. The largest absolute Gasteiger partial charge is 0.326 e. The van der Waals surface area contributed by atoms with E-state index >= 15 is 0 Å². The quantitative estimate of drug-likeness (QED) is 0.900. The van der Waals surface area contributed by atoms with Gasteiger partial charge in [0, 0.05) is 30.1 Å². The summed E-state index contributed by atoms with van der Waals surface area (Å²) in [6.45, 7) is 0.703. The Morgan fingerprint density at radius 2 is 1.74 bits per heavy atom. The zero-order valence-corrected chi connectivity index (χ0v) is 14.7. The molecule has 2 N–H and O–H groups in total. The van der Waals surface area contributed by atoms with Crippen molar-refractivity contribution < 1.29 is 8.42 Å². The lowest BCUT2D eigenvalue weighted by Gasteiger charge is -2.16. The summed E-state index contributed by atoms with van der Waals surface area (Å²) in [4.78, 5) is 0.209. The van der Waals surface area contributed by atoms with E-state index in [0.717, 1.165) is 5.56 Å². The van der Waals surface area contributed by atoms with Gasteiger partial charge < -0.3 is 5.73 Å². The van der Waals surface area contributed by atoms with Crippen LogP contribution in [0.3, 0.4) is 0 Å². The fraction of sp³-hybridized carbons (Fsp3) is 0.250. The van der Waals surface area contributed by atoms with Crippen LogP contribution in [0.4, 0.5) is 0 Å². The maximum atomic E-state index is 12.7. The third-order valence-electron chi connectivity index (χ3n) is 3.99. The highest BCUT2D eigenvalue weighted by molar-refractivity contribution is 7.89. The van der Waals surface area contributed by atoms with Gasteiger partial charge in [-0.3, -0.25) is 0 Å². The van der Waals surface area contributed by atoms with Gasteiger partial charge in [0.15, 0.2) is 0 Å². The maximum Gasteiger partial charge on any atom is 0.243 e. The average molecular weight is 373 g/mol. The summed E-state index contributed by atoms with van der Waals surface area (Å²) in [5.74, 6) is 0.00941. The molecule has 2 aromatic rings. The highest BCUT2D eigenvalue weighted by Gasteiger charge is 2.38. The summed E-state index contributed by atoms with van der Waals surface area (Å²) in [5, 5.41) is 0.407. The first kappa shape index (κ1) is 18.2. The van der Waals surface area contributed by atoms with Crippen molar-refractivity contribution in [2.45, 2.75) is 16.9 Å². The summed E-state index contributed by atoms with van der Waals surface area (Å²) >= 11 is 5.90. The second-order valence-electron chi connectivity index (χ2n) is 5.46. The van der Waals surface area contributed by atoms with Crippen molar-refractivity contribution in [3.63, 3.8) is 0 Å². The Hall–Kier alpha value is -1.11. The van der Waals surface area contributed by atoms with Gasteiger partial charge in [-0.05, 0) is 23.8 Å². The second kappa shape index (κ2) is 7.20. The molecule has 2 aromatic carbocycles. The molecule has 0 spiro atoms. The Balaban J connectivity index is 0.00000192. The summed E-state index contributed by atoms with van der Waals surface area (Å²) in [5.41, 5.74) is 7.24. The highest BCUT2D eigenvalue weighted by Crippen LogP contribution is 2.30. The topological polar surface area (TPSA) is 63.4 Å². The number of rotatable bonds is 3. The minimum Gasteiger partial charge on any atom is -0.326 e. The SMILES string of the molecule is Cl.N[C@@H]1CN(S(=O)(=O)c2cccc(Cl)c2)C[C@H]1c1ccccc1.